The van der Waals surface area contributed by atoms with Crippen LogP contribution in [0.1, 0.15) is 10.5 Å². The number of rotatable bonds is 4. The average Bonchev–Trinajstić information content (AvgIpc) is 2.94. The van der Waals surface area contributed by atoms with Gasteiger partial charge in [-0.25, -0.2) is 4.98 Å². The maximum Gasteiger partial charge on any atom is 0.266 e. The predicted octanol–water partition coefficient (Wildman–Crippen LogP) is 2.19. The fourth-order valence-electron chi connectivity index (χ4n) is 2.47. The van der Waals surface area contributed by atoms with Crippen LogP contribution in [0, 0.1) is 0 Å². The highest BCUT2D eigenvalue weighted by Crippen LogP contribution is 2.46. The second-order valence-corrected chi connectivity index (χ2v) is 7.70. The topological polar surface area (TPSA) is 98.1 Å². The third kappa shape index (κ3) is 2.55. The number of H-pyrrole nitrogens is 1. The van der Waals surface area contributed by atoms with Crippen LogP contribution in [0.15, 0.2) is 42.6 Å². The minimum Gasteiger partial charge on any atom is -0.364 e. The van der Waals surface area contributed by atoms with Crippen LogP contribution in [-0.4, -0.2) is 23.0 Å². The molecule has 8 heteroatoms. The lowest BCUT2D eigenvalue weighted by molar-refractivity contribution is 0.0997. The van der Waals surface area contributed by atoms with Gasteiger partial charge in [-0.2, -0.15) is 0 Å². The van der Waals surface area contributed by atoms with Gasteiger partial charge in [-0.05, 0) is 18.2 Å². The Morgan fingerprint density at radius 1 is 1.35 bits per heavy atom. The summed E-state index contributed by atoms with van der Waals surface area (Å²) in [4.78, 5) is 18.7. The number of nitrogens with zero attached hydrogens (tertiary/aromatic N) is 1. The van der Waals surface area contributed by atoms with Crippen molar-refractivity contribution >= 4 is 46.5 Å². The number of nitrogens with two attached hydrogens (primary N) is 1. The van der Waals surface area contributed by atoms with Gasteiger partial charge in [0, 0.05) is 24.0 Å². The van der Waals surface area contributed by atoms with E-state index in [2.05, 4.69) is 9.97 Å². The molecule has 23 heavy (non-hydrogen) atoms. The van der Waals surface area contributed by atoms with Gasteiger partial charge >= 0.3 is 0 Å². The summed E-state index contributed by atoms with van der Waals surface area (Å²) in [5.41, 5.74) is 5.81. The van der Waals surface area contributed by atoms with Crippen molar-refractivity contribution in [3.63, 3.8) is 0 Å². The number of carbonyl (C=O) groups excluding carboxylic acids is 1. The maximum absolute atomic E-state index is 13.6. The molecule has 3 N–H and O–H groups in total. The Balaban J connectivity index is 2.41. The summed E-state index contributed by atoms with van der Waals surface area (Å²) in [5, 5.41) is 1.43. The van der Waals surface area contributed by atoms with Gasteiger partial charge in [-0.1, -0.05) is 29.8 Å². The smallest absolute Gasteiger partial charge is 0.266 e. The van der Waals surface area contributed by atoms with Crippen LogP contribution < -0.4 is 16.3 Å². The second kappa shape index (κ2) is 5.81. The molecule has 0 aliphatic rings. The van der Waals surface area contributed by atoms with E-state index in [0.717, 1.165) is 0 Å². The van der Waals surface area contributed by atoms with Crippen molar-refractivity contribution in [2.75, 3.05) is 7.11 Å². The molecule has 1 atom stereocenters. The SMILES string of the molecule is COP(=O)(c1ccccc1)c1c(C(N)=O)[nH]c2ncc(Cl)cc12. The van der Waals surface area contributed by atoms with Gasteiger partial charge in [0.2, 0.25) is 0 Å². The lowest BCUT2D eigenvalue weighted by Gasteiger charge is -2.17. The van der Waals surface area contributed by atoms with Crippen LogP contribution in [0.3, 0.4) is 0 Å². The van der Waals surface area contributed by atoms with Crippen LogP contribution >= 0.6 is 19.0 Å². The molecule has 6 nitrogen and oxygen atoms in total. The third-order valence-corrected chi connectivity index (χ3v) is 6.24. The van der Waals surface area contributed by atoms with Crippen LogP contribution in [0.4, 0.5) is 0 Å². The van der Waals surface area contributed by atoms with E-state index in [0.29, 0.717) is 21.4 Å². The van der Waals surface area contributed by atoms with Crippen molar-refractivity contribution in [2.45, 2.75) is 0 Å². The molecule has 0 bridgehead atoms. The number of nitrogens with one attached hydrogen (secondary N) is 1. The largest absolute Gasteiger partial charge is 0.364 e. The van der Waals surface area contributed by atoms with E-state index in [-0.39, 0.29) is 11.0 Å². The van der Waals surface area contributed by atoms with Crippen molar-refractivity contribution < 1.29 is 13.9 Å². The van der Waals surface area contributed by atoms with Crippen molar-refractivity contribution in [3.05, 3.63) is 53.3 Å². The number of hydrogen-bond donors (Lipinski definition) is 2. The standard InChI is InChI=1S/C15H13ClN3O3P/c1-22-23(21,10-5-3-2-4-6-10)13-11-7-9(16)8-18-15(11)19-12(13)14(17)20/h2-8H,1H3,(H2,17,20)(H,18,19). The molecule has 2 heterocycles. The molecule has 2 aromatic heterocycles. The highest BCUT2D eigenvalue weighted by atomic mass is 35.5. The lowest BCUT2D eigenvalue weighted by Crippen LogP contribution is -2.25. The van der Waals surface area contributed by atoms with Crippen LogP contribution in [0.2, 0.25) is 5.02 Å². The normalized spacial score (nSPS) is 13.8. The lowest BCUT2D eigenvalue weighted by atomic mass is 10.3. The number of carbonyl (C=O) groups is 1. The number of halogens is 1. The molecule has 3 aromatic rings. The third-order valence-electron chi connectivity index (χ3n) is 3.48. The van der Waals surface area contributed by atoms with Gasteiger partial charge in [0.1, 0.15) is 11.3 Å². The summed E-state index contributed by atoms with van der Waals surface area (Å²) in [6, 6.07) is 10.2. The number of amides is 1. The first kappa shape index (κ1) is 15.7. The Morgan fingerprint density at radius 3 is 2.65 bits per heavy atom. The van der Waals surface area contributed by atoms with Gasteiger partial charge < -0.3 is 15.2 Å². The zero-order chi connectivity index (χ0) is 16.6. The molecule has 1 unspecified atom stereocenters. The van der Waals surface area contributed by atoms with Gasteiger partial charge in [-0.15, -0.1) is 0 Å². The molecule has 3 rings (SSSR count). The minimum atomic E-state index is -3.54. The van der Waals surface area contributed by atoms with Crippen LogP contribution in [0.25, 0.3) is 11.0 Å². The quantitative estimate of drug-likeness (QED) is 0.705. The monoisotopic (exact) mass is 349 g/mol. The second-order valence-electron chi connectivity index (χ2n) is 4.83. The van der Waals surface area contributed by atoms with Crippen LogP contribution in [-0.2, 0) is 9.09 Å². The van der Waals surface area contributed by atoms with Crippen molar-refractivity contribution in [3.8, 4) is 0 Å². The summed E-state index contributed by atoms with van der Waals surface area (Å²) >= 11 is 6.00. The molecular weight excluding hydrogens is 337 g/mol. The first-order valence-corrected chi connectivity index (χ1v) is 8.66. The summed E-state index contributed by atoms with van der Waals surface area (Å²) in [6.45, 7) is 0. The Hall–Kier alpha value is -2.14. The van der Waals surface area contributed by atoms with E-state index in [1.165, 1.54) is 13.3 Å². The number of fused-ring (bicyclic) bond motifs is 1. The van der Waals surface area contributed by atoms with E-state index in [1.807, 2.05) is 0 Å². The fraction of sp³-hybridized carbons (Fsp3) is 0.0667. The number of aromatic amines is 1. The van der Waals surface area contributed by atoms with E-state index in [9.17, 15) is 9.36 Å². The Kier molecular flexibility index (Phi) is 3.98. The molecule has 118 valence electrons. The highest BCUT2D eigenvalue weighted by molar-refractivity contribution is 7.75. The van der Waals surface area contributed by atoms with Gasteiger partial charge in [-0.3, -0.25) is 9.36 Å². The van der Waals surface area contributed by atoms with Crippen molar-refractivity contribution in [1.29, 1.82) is 0 Å². The Labute approximate surface area is 137 Å². The number of pyridine rings is 1. The number of aromatic nitrogens is 2. The molecule has 0 radical (unpaired) electrons. The van der Waals surface area contributed by atoms with Crippen molar-refractivity contribution in [1.82, 2.24) is 9.97 Å². The Morgan fingerprint density at radius 2 is 2.04 bits per heavy atom. The first-order chi connectivity index (χ1) is 11.0. The molecule has 0 spiro atoms. The van der Waals surface area contributed by atoms with E-state index >= 15 is 0 Å². The molecule has 0 saturated heterocycles. The Bertz CT molecular complexity index is 940. The molecule has 1 aromatic carbocycles. The first-order valence-electron chi connectivity index (χ1n) is 6.66. The summed E-state index contributed by atoms with van der Waals surface area (Å²) < 4.78 is 18.9. The van der Waals surface area contributed by atoms with Crippen molar-refractivity contribution in [2.24, 2.45) is 5.73 Å². The average molecular weight is 350 g/mol. The van der Waals surface area contributed by atoms with E-state index < -0.39 is 13.3 Å². The maximum atomic E-state index is 13.6. The highest BCUT2D eigenvalue weighted by Gasteiger charge is 2.35. The van der Waals surface area contributed by atoms with Gasteiger partial charge in [0.05, 0.1) is 10.3 Å². The summed E-state index contributed by atoms with van der Waals surface area (Å²) in [5.74, 6) is -0.748. The molecule has 0 saturated carbocycles. The van der Waals surface area contributed by atoms with Gasteiger partial charge in [0.25, 0.3) is 13.3 Å². The van der Waals surface area contributed by atoms with E-state index in [4.69, 9.17) is 21.9 Å². The zero-order valence-electron chi connectivity index (χ0n) is 12.1. The summed E-state index contributed by atoms with van der Waals surface area (Å²) in [6.07, 6.45) is 1.43. The zero-order valence-corrected chi connectivity index (χ0v) is 13.8. The molecule has 0 fully saturated rings. The van der Waals surface area contributed by atoms with E-state index in [1.54, 1.807) is 36.4 Å². The minimum absolute atomic E-state index is 0.00352. The van der Waals surface area contributed by atoms with Crippen LogP contribution in [0.5, 0.6) is 0 Å². The van der Waals surface area contributed by atoms with Gasteiger partial charge in [0.15, 0.2) is 0 Å². The summed E-state index contributed by atoms with van der Waals surface area (Å²) in [7, 11) is -2.22. The fourth-order valence-corrected chi connectivity index (χ4v) is 4.79. The molecular formula is C15H13ClN3O3P. The molecule has 0 aliphatic heterocycles. The molecule has 0 aliphatic carbocycles. The number of primary amides is 1. The predicted molar refractivity (Wildman–Crippen MR) is 89.9 cm³/mol. The molecule has 1 amide bonds. The number of benzene rings is 1. The number of hydrogen-bond acceptors (Lipinski definition) is 4.